The molecule has 0 radical (unpaired) electrons. The Morgan fingerprint density at radius 3 is 2.90 bits per heavy atom. The smallest absolute Gasteiger partial charge is 0.123 e. The van der Waals surface area contributed by atoms with Crippen LogP contribution in [0, 0.1) is 11.8 Å². The summed E-state index contributed by atoms with van der Waals surface area (Å²) in [4.78, 5) is 0. The highest BCUT2D eigenvalue weighted by Gasteiger charge is 2.18. The van der Waals surface area contributed by atoms with E-state index in [2.05, 4.69) is 25.2 Å². The topological polar surface area (TPSA) is 47.3 Å². The molecule has 0 aromatic heterocycles. The molecule has 1 fully saturated rings. The van der Waals surface area contributed by atoms with E-state index >= 15 is 0 Å². The molecule has 1 saturated carbocycles. The van der Waals surface area contributed by atoms with Crippen molar-refractivity contribution < 1.29 is 4.74 Å². The van der Waals surface area contributed by atoms with Crippen molar-refractivity contribution in [1.29, 1.82) is 0 Å². The maximum atomic E-state index is 5.94. The van der Waals surface area contributed by atoms with Crippen LogP contribution in [0.15, 0.2) is 18.2 Å². The first-order valence-electron chi connectivity index (χ1n) is 7.94. The SMILES string of the molecule is CCCOc1cc(N)cc(NCC2CCCC(C)C2)c1. The lowest BCUT2D eigenvalue weighted by molar-refractivity contribution is 0.293. The highest BCUT2D eigenvalue weighted by atomic mass is 16.5. The molecule has 20 heavy (non-hydrogen) atoms. The average Bonchev–Trinajstić information content (AvgIpc) is 2.42. The van der Waals surface area contributed by atoms with Crippen LogP contribution in [-0.4, -0.2) is 13.2 Å². The number of hydrogen-bond acceptors (Lipinski definition) is 3. The van der Waals surface area contributed by atoms with E-state index in [1.54, 1.807) is 0 Å². The minimum absolute atomic E-state index is 0.739. The van der Waals surface area contributed by atoms with Gasteiger partial charge in [-0.1, -0.05) is 26.7 Å². The van der Waals surface area contributed by atoms with Gasteiger partial charge in [-0.15, -0.1) is 0 Å². The lowest BCUT2D eigenvalue weighted by Gasteiger charge is -2.27. The van der Waals surface area contributed by atoms with Crippen LogP contribution in [-0.2, 0) is 0 Å². The Morgan fingerprint density at radius 1 is 1.30 bits per heavy atom. The minimum atomic E-state index is 0.739. The summed E-state index contributed by atoms with van der Waals surface area (Å²) in [5.41, 5.74) is 7.78. The molecule has 0 aliphatic heterocycles. The lowest BCUT2D eigenvalue weighted by Crippen LogP contribution is -2.21. The van der Waals surface area contributed by atoms with Crippen LogP contribution in [0.3, 0.4) is 0 Å². The number of nitrogen functional groups attached to an aromatic ring is 1. The second-order valence-corrected chi connectivity index (χ2v) is 6.16. The van der Waals surface area contributed by atoms with Crippen LogP contribution in [0.5, 0.6) is 5.75 Å². The van der Waals surface area contributed by atoms with E-state index in [1.807, 2.05) is 12.1 Å². The Labute approximate surface area is 122 Å². The van der Waals surface area contributed by atoms with Crippen LogP contribution >= 0.6 is 0 Å². The van der Waals surface area contributed by atoms with E-state index in [1.165, 1.54) is 25.7 Å². The monoisotopic (exact) mass is 276 g/mol. The van der Waals surface area contributed by atoms with E-state index in [0.29, 0.717) is 0 Å². The van der Waals surface area contributed by atoms with Crippen LogP contribution in [0.1, 0.15) is 46.0 Å². The molecule has 2 atom stereocenters. The van der Waals surface area contributed by atoms with E-state index in [-0.39, 0.29) is 0 Å². The molecule has 1 aromatic rings. The van der Waals surface area contributed by atoms with Gasteiger partial charge in [-0.3, -0.25) is 0 Å². The maximum absolute atomic E-state index is 5.94. The fraction of sp³-hybridized carbons (Fsp3) is 0.647. The first-order valence-corrected chi connectivity index (χ1v) is 7.94. The van der Waals surface area contributed by atoms with Gasteiger partial charge in [0.2, 0.25) is 0 Å². The summed E-state index contributed by atoms with van der Waals surface area (Å²) in [5.74, 6) is 2.53. The second-order valence-electron chi connectivity index (χ2n) is 6.16. The molecule has 0 heterocycles. The lowest BCUT2D eigenvalue weighted by atomic mass is 9.82. The van der Waals surface area contributed by atoms with Crippen molar-refractivity contribution in [1.82, 2.24) is 0 Å². The molecular weight excluding hydrogens is 248 g/mol. The summed E-state index contributed by atoms with van der Waals surface area (Å²) < 4.78 is 5.67. The maximum Gasteiger partial charge on any atom is 0.123 e. The number of benzene rings is 1. The number of ether oxygens (including phenoxy) is 1. The van der Waals surface area contributed by atoms with Gasteiger partial charge in [0.25, 0.3) is 0 Å². The average molecular weight is 276 g/mol. The molecule has 3 N–H and O–H groups in total. The summed E-state index contributed by atoms with van der Waals surface area (Å²) in [6.07, 6.45) is 6.46. The summed E-state index contributed by atoms with van der Waals surface area (Å²) >= 11 is 0. The van der Waals surface area contributed by atoms with Gasteiger partial charge in [-0.2, -0.15) is 0 Å². The van der Waals surface area contributed by atoms with Crippen LogP contribution in [0.25, 0.3) is 0 Å². The quantitative estimate of drug-likeness (QED) is 0.762. The highest BCUT2D eigenvalue weighted by Crippen LogP contribution is 2.29. The number of hydrogen-bond donors (Lipinski definition) is 2. The number of nitrogens with two attached hydrogens (primary N) is 1. The Kier molecular flexibility index (Phi) is 5.57. The van der Waals surface area contributed by atoms with Gasteiger partial charge in [-0.05, 0) is 37.2 Å². The first kappa shape index (κ1) is 15.0. The van der Waals surface area contributed by atoms with Gasteiger partial charge in [0.15, 0.2) is 0 Å². The third-order valence-electron chi connectivity index (χ3n) is 4.04. The van der Waals surface area contributed by atoms with Gasteiger partial charge >= 0.3 is 0 Å². The molecule has 3 heteroatoms. The normalized spacial score (nSPS) is 22.5. The minimum Gasteiger partial charge on any atom is -0.493 e. The van der Waals surface area contributed by atoms with Crippen LogP contribution < -0.4 is 15.8 Å². The summed E-state index contributed by atoms with van der Waals surface area (Å²) in [6.45, 7) is 6.25. The molecule has 0 saturated heterocycles. The summed E-state index contributed by atoms with van der Waals surface area (Å²) in [5, 5.41) is 3.53. The molecular formula is C17H28N2O. The van der Waals surface area contributed by atoms with Crippen molar-refractivity contribution in [3.8, 4) is 5.75 Å². The third kappa shape index (κ3) is 4.62. The van der Waals surface area contributed by atoms with Gasteiger partial charge in [-0.25, -0.2) is 0 Å². The standard InChI is InChI=1S/C17H28N2O/c1-3-7-20-17-10-15(18)9-16(11-17)19-12-14-6-4-5-13(2)8-14/h9-11,13-14,19H,3-8,12,18H2,1-2H3. The Balaban J connectivity index is 1.89. The zero-order valence-corrected chi connectivity index (χ0v) is 12.8. The summed E-state index contributed by atoms with van der Waals surface area (Å²) in [7, 11) is 0. The van der Waals surface area contributed by atoms with Gasteiger partial charge < -0.3 is 15.8 Å². The van der Waals surface area contributed by atoms with E-state index in [0.717, 1.165) is 48.5 Å². The van der Waals surface area contributed by atoms with Crippen LogP contribution in [0.4, 0.5) is 11.4 Å². The van der Waals surface area contributed by atoms with E-state index < -0.39 is 0 Å². The Hall–Kier alpha value is -1.38. The highest BCUT2D eigenvalue weighted by molar-refractivity contribution is 5.59. The van der Waals surface area contributed by atoms with Gasteiger partial charge in [0, 0.05) is 30.1 Å². The van der Waals surface area contributed by atoms with E-state index in [9.17, 15) is 0 Å². The molecule has 112 valence electrons. The predicted molar refractivity (Wildman–Crippen MR) is 86.3 cm³/mol. The zero-order chi connectivity index (χ0) is 14.4. The van der Waals surface area contributed by atoms with Crippen molar-refractivity contribution in [2.75, 3.05) is 24.2 Å². The second kappa shape index (κ2) is 7.41. The van der Waals surface area contributed by atoms with Crippen LogP contribution in [0.2, 0.25) is 0 Å². The fourth-order valence-electron chi connectivity index (χ4n) is 3.03. The Morgan fingerprint density at radius 2 is 2.15 bits per heavy atom. The largest absolute Gasteiger partial charge is 0.493 e. The molecule has 3 nitrogen and oxygen atoms in total. The summed E-state index contributed by atoms with van der Waals surface area (Å²) in [6, 6.07) is 5.94. The molecule has 1 aromatic carbocycles. The molecule has 1 aliphatic rings. The van der Waals surface area contributed by atoms with Gasteiger partial charge in [0.1, 0.15) is 5.75 Å². The van der Waals surface area contributed by atoms with Crippen molar-refractivity contribution >= 4 is 11.4 Å². The number of anilines is 2. The molecule has 0 bridgehead atoms. The van der Waals surface area contributed by atoms with Crippen molar-refractivity contribution in [2.45, 2.75) is 46.0 Å². The third-order valence-corrected chi connectivity index (χ3v) is 4.04. The Bertz CT molecular complexity index is 419. The molecule has 2 unspecified atom stereocenters. The van der Waals surface area contributed by atoms with Crippen molar-refractivity contribution in [2.24, 2.45) is 11.8 Å². The first-order chi connectivity index (χ1) is 9.67. The molecule has 0 spiro atoms. The number of nitrogens with one attached hydrogen (secondary N) is 1. The molecule has 0 amide bonds. The van der Waals surface area contributed by atoms with Crippen molar-refractivity contribution in [3.05, 3.63) is 18.2 Å². The van der Waals surface area contributed by atoms with E-state index in [4.69, 9.17) is 10.5 Å². The zero-order valence-electron chi connectivity index (χ0n) is 12.8. The molecule has 1 aliphatic carbocycles. The van der Waals surface area contributed by atoms with Crippen molar-refractivity contribution in [3.63, 3.8) is 0 Å². The number of rotatable bonds is 6. The molecule has 2 rings (SSSR count). The predicted octanol–water partition coefficient (Wildman–Crippen LogP) is 4.30. The van der Waals surface area contributed by atoms with Gasteiger partial charge in [0.05, 0.1) is 6.61 Å². The fourth-order valence-corrected chi connectivity index (χ4v) is 3.03.